The maximum absolute atomic E-state index is 14.3. The summed E-state index contributed by atoms with van der Waals surface area (Å²) in [6, 6.07) is 5.44. The monoisotopic (exact) mass is 602 g/mol. The van der Waals surface area contributed by atoms with E-state index in [4.69, 9.17) is 0 Å². The van der Waals surface area contributed by atoms with Crippen molar-refractivity contribution in [2.75, 3.05) is 20.1 Å². The molecule has 5 amide bonds. The van der Waals surface area contributed by atoms with Gasteiger partial charge in [0.05, 0.1) is 22.8 Å². The van der Waals surface area contributed by atoms with Gasteiger partial charge in [-0.3, -0.25) is 24.4 Å². The van der Waals surface area contributed by atoms with Crippen LogP contribution in [0.1, 0.15) is 48.2 Å². The third-order valence-corrected chi connectivity index (χ3v) is 8.24. The number of carbonyl (C=O) groups excluding carboxylic acids is 4. The summed E-state index contributed by atoms with van der Waals surface area (Å²) >= 11 is 0. The molecule has 2 aromatic carbocycles. The molecule has 2 aliphatic rings. The quantitative estimate of drug-likeness (QED) is 0.328. The number of aromatic amines is 1. The number of piperidine rings is 1. The lowest BCUT2D eigenvalue weighted by Gasteiger charge is -2.43. The molecule has 14 heteroatoms. The largest absolute Gasteiger partial charge is 0.416 e. The van der Waals surface area contributed by atoms with Gasteiger partial charge in [-0.1, -0.05) is 19.9 Å². The molecule has 1 atom stereocenters. The van der Waals surface area contributed by atoms with Crippen LogP contribution >= 0.6 is 0 Å². The van der Waals surface area contributed by atoms with Crippen LogP contribution in [-0.4, -0.2) is 80.4 Å². The fourth-order valence-electron chi connectivity index (χ4n) is 5.76. The van der Waals surface area contributed by atoms with Crippen LogP contribution < -0.4 is 5.32 Å². The van der Waals surface area contributed by atoms with E-state index in [1.807, 2.05) is 18.2 Å². The Labute approximate surface area is 244 Å². The second kappa shape index (κ2) is 11.0. The zero-order chi connectivity index (χ0) is 31.3. The van der Waals surface area contributed by atoms with Crippen LogP contribution in [-0.2, 0) is 22.3 Å². The number of aromatic nitrogens is 2. The molecule has 2 fully saturated rings. The Kier molecular flexibility index (Phi) is 7.65. The van der Waals surface area contributed by atoms with Gasteiger partial charge in [-0.05, 0) is 54.7 Å². The van der Waals surface area contributed by atoms with Gasteiger partial charge in [-0.2, -0.15) is 18.3 Å². The summed E-state index contributed by atoms with van der Waals surface area (Å²) in [4.78, 5) is 57.0. The van der Waals surface area contributed by atoms with Crippen molar-refractivity contribution in [2.45, 2.75) is 51.0 Å². The highest BCUT2D eigenvalue weighted by atomic mass is 19.4. The summed E-state index contributed by atoms with van der Waals surface area (Å²) in [7, 11) is 1.42. The normalized spacial score (nSPS) is 17.8. The van der Waals surface area contributed by atoms with Gasteiger partial charge in [0.1, 0.15) is 17.4 Å². The van der Waals surface area contributed by atoms with Crippen LogP contribution in [0.15, 0.2) is 42.6 Å². The fourth-order valence-corrected chi connectivity index (χ4v) is 5.76. The fraction of sp³-hybridized carbons (Fsp3) is 0.414. The highest BCUT2D eigenvalue weighted by Gasteiger charge is 2.57. The molecule has 43 heavy (non-hydrogen) atoms. The molecule has 1 aromatic heterocycles. The summed E-state index contributed by atoms with van der Waals surface area (Å²) in [5.41, 5.74) is -1.57. The third kappa shape index (κ3) is 5.41. The number of carbonyl (C=O) groups is 4. The SMILES string of the molecule is CC(C)[C@@H](NC(=O)c1cc(C(F)(F)F)ccc1F)C(=O)N1CCC2(CC1)C(=O)N(C)C(=O)N2Cc1ccc2[nH]ncc2c1. The summed E-state index contributed by atoms with van der Waals surface area (Å²) < 4.78 is 53.8. The molecule has 3 heterocycles. The lowest BCUT2D eigenvalue weighted by atomic mass is 9.85. The molecule has 10 nitrogen and oxygen atoms in total. The Bertz CT molecular complexity index is 1600. The maximum atomic E-state index is 14.3. The Morgan fingerprint density at radius 3 is 2.44 bits per heavy atom. The van der Waals surface area contributed by atoms with E-state index >= 15 is 0 Å². The Morgan fingerprint density at radius 2 is 1.79 bits per heavy atom. The summed E-state index contributed by atoms with van der Waals surface area (Å²) in [6.07, 6.45) is -2.84. The summed E-state index contributed by atoms with van der Waals surface area (Å²) in [5, 5.41) is 10.1. The number of H-pyrrole nitrogens is 1. The van der Waals surface area contributed by atoms with Gasteiger partial charge in [0.15, 0.2) is 0 Å². The lowest BCUT2D eigenvalue weighted by molar-refractivity contribution is -0.142. The number of fused-ring (bicyclic) bond motifs is 1. The minimum Gasteiger partial charge on any atom is -0.341 e. The van der Waals surface area contributed by atoms with Gasteiger partial charge >= 0.3 is 12.2 Å². The Balaban J connectivity index is 1.32. The zero-order valence-electron chi connectivity index (χ0n) is 23.7. The first-order valence-corrected chi connectivity index (χ1v) is 13.7. The molecule has 2 aliphatic heterocycles. The van der Waals surface area contributed by atoms with Crippen molar-refractivity contribution in [1.29, 1.82) is 0 Å². The number of hydrogen-bond acceptors (Lipinski definition) is 5. The van der Waals surface area contributed by atoms with Crippen molar-refractivity contribution in [1.82, 2.24) is 30.2 Å². The number of nitrogens with one attached hydrogen (secondary N) is 2. The van der Waals surface area contributed by atoms with Crippen molar-refractivity contribution in [3.05, 3.63) is 65.1 Å². The van der Waals surface area contributed by atoms with E-state index in [9.17, 15) is 36.7 Å². The molecule has 1 spiro atoms. The van der Waals surface area contributed by atoms with E-state index in [1.54, 1.807) is 20.0 Å². The number of urea groups is 1. The molecule has 0 aliphatic carbocycles. The Morgan fingerprint density at radius 1 is 1.09 bits per heavy atom. The van der Waals surface area contributed by atoms with Crippen molar-refractivity contribution in [3.8, 4) is 0 Å². The van der Waals surface area contributed by atoms with Crippen LogP contribution in [0.2, 0.25) is 0 Å². The molecular formula is C29H30F4N6O4. The molecule has 2 N–H and O–H groups in total. The van der Waals surface area contributed by atoms with Crippen molar-refractivity contribution >= 4 is 34.7 Å². The number of rotatable bonds is 6. The number of nitrogens with zero attached hydrogens (tertiary/aromatic N) is 4. The third-order valence-electron chi connectivity index (χ3n) is 8.24. The second-order valence-electron chi connectivity index (χ2n) is 11.3. The standard InChI is InChI=1S/C29H30F4N6O4/c1-16(2)23(35-24(40)20-13-19(29(31,32)33)5-6-21(20)30)25(41)38-10-8-28(9-11-38)26(42)37(3)27(43)39(28)15-17-4-7-22-18(12-17)14-34-36-22/h4-7,12-14,16,23H,8-11,15H2,1-3H3,(H,34,36)(H,35,40)/t23-/m1/s1. The van der Waals surface area contributed by atoms with Gasteiger partial charge < -0.3 is 15.1 Å². The smallest absolute Gasteiger partial charge is 0.341 e. The number of likely N-dealkylation sites (N-methyl/N-ethyl adjacent to an activating group) is 1. The molecule has 2 saturated heterocycles. The van der Waals surface area contributed by atoms with E-state index in [-0.39, 0.29) is 38.4 Å². The van der Waals surface area contributed by atoms with Crippen LogP contribution in [0.25, 0.3) is 10.9 Å². The zero-order valence-corrected chi connectivity index (χ0v) is 23.7. The van der Waals surface area contributed by atoms with Crippen molar-refractivity contribution in [3.63, 3.8) is 0 Å². The molecule has 5 rings (SSSR count). The van der Waals surface area contributed by atoms with Crippen LogP contribution in [0.5, 0.6) is 0 Å². The molecular weight excluding hydrogens is 572 g/mol. The predicted molar refractivity (Wildman–Crippen MR) is 146 cm³/mol. The Hall–Kier alpha value is -4.49. The van der Waals surface area contributed by atoms with E-state index in [2.05, 4.69) is 15.5 Å². The minimum atomic E-state index is -4.78. The second-order valence-corrected chi connectivity index (χ2v) is 11.3. The maximum Gasteiger partial charge on any atom is 0.416 e. The van der Waals surface area contributed by atoms with E-state index in [0.717, 1.165) is 21.4 Å². The highest BCUT2D eigenvalue weighted by molar-refractivity contribution is 6.07. The number of hydrogen-bond donors (Lipinski definition) is 2. The predicted octanol–water partition coefficient (Wildman–Crippen LogP) is 3.93. The van der Waals surface area contributed by atoms with Crippen LogP contribution in [0, 0.1) is 11.7 Å². The number of benzene rings is 2. The minimum absolute atomic E-state index is 0.0833. The van der Waals surface area contributed by atoms with Gasteiger partial charge in [-0.25, -0.2) is 9.18 Å². The van der Waals surface area contributed by atoms with Crippen molar-refractivity contribution in [2.24, 2.45) is 5.92 Å². The molecule has 0 unspecified atom stereocenters. The number of amides is 5. The molecule has 0 saturated carbocycles. The van der Waals surface area contributed by atoms with E-state index in [0.29, 0.717) is 18.2 Å². The van der Waals surface area contributed by atoms with E-state index in [1.165, 1.54) is 16.8 Å². The highest BCUT2D eigenvalue weighted by Crippen LogP contribution is 2.38. The topological polar surface area (TPSA) is 119 Å². The number of halogens is 4. The molecule has 228 valence electrons. The molecule has 0 bridgehead atoms. The number of alkyl halides is 3. The number of likely N-dealkylation sites (tertiary alicyclic amines) is 1. The number of imide groups is 1. The molecule has 3 aromatic rings. The first-order valence-electron chi connectivity index (χ1n) is 13.7. The van der Waals surface area contributed by atoms with Gasteiger partial charge in [0.25, 0.3) is 11.8 Å². The average molecular weight is 603 g/mol. The summed E-state index contributed by atoms with van der Waals surface area (Å²) in [6.45, 7) is 3.62. The first-order chi connectivity index (χ1) is 20.2. The summed E-state index contributed by atoms with van der Waals surface area (Å²) in [5.74, 6) is -3.68. The lowest BCUT2D eigenvalue weighted by Crippen LogP contribution is -2.60. The molecule has 0 radical (unpaired) electrons. The van der Waals surface area contributed by atoms with Gasteiger partial charge in [0, 0.05) is 32.1 Å². The van der Waals surface area contributed by atoms with Gasteiger partial charge in [-0.15, -0.1) is 0 Å². The first kappa shape index (κ1) is 30.0. The van der Waals surface area contributed by atoms with E-state index < -0.39 is 58.5 Å². The van der Waals surface area contributed by atoms with Crippen LogP contribution in [0.3, 0.4) is 0 Å². The van der Waals surface area contributed by atoms with Crippen LogP contribution in [0.4, 0.5) is 22.4 Å². The van der Waals surface area contributed by atoms with Gasteiger partial charge in [0.2, 0.25) is 5.91 Å². The average Bonchev–Trinajstić information content (AvgIpc) is 3.50. The van der Waals surface area contributed by atoms with Crippen molar-refractivity contribution < 1.29 is 36.7 Å².